The molecule has 0 saturated carbocycles. The van der Waals surface area contributed by atoms with E-state index in [-0.39, 0.29) is 0 Å². The molecule has 0 unspecified atom stereocenters. The molecule has 0 aliphatic heterocycles. The van der Waals surface area contributed by atoms with Crippen molar-refractivity contribution < 1.29 is 0 Å². The summed E-state index contributed by atoms with van der Waals surface area (Å²) in [6.45, 7) is 8.97. The Morgan fingerprint density at radius 1 is 0.533 bits per heavy atom. The van der Waals surface area contributed by atoms with Crippen LogP contribution in [0.5, 0.6) is 0 Å². The van der Waals surface area contributed by atoms with Crippen molar-refractivity contribution >= 4 is 0 Å². The highest BCUT2D eigenvalue weighted by molar-refractivity contribution is 5.15. The number of nitrogens with two attached hydrogens (primary N) is 3. The molecule has 0 aliphatic rings. The Balaban J connectivity index is 0.000000300. The van der Waals surface area contributed by atoms with Crippen molar-refractivity contribution in [3.05, 3.63) is 71.8 Å². The second kappa shape index (κ2) is 19.2. The summed E-state index contributed by atoms with van der Waals surface area (Å²) in [5.74, 6) is 0. The molecular formula is C24H42N6. The molecule has 0 aliphatic carbocycles. The van der Waals surface area contributed by atoms with Crippen LogP contribution in [0, 0.1) is 0 Å². The lowest BCUT2D eigenvalue weighted by atomic mass is 10.1. The Morgan fingerprint density at radius 3 is 1.53 bits per heavy atom. The van der Waals surface area contributed by atoms with Crippen molar-refractivity contribution in [2.24, 2.45) is 17.2 Å². The lowest BCUT2D eigenvalue weighted by molar-refractivity contribution is 0.292. The quantitative estimate of drug-likeness (QED) is 0.276. The van der Waals surface area contributed by atoms with Crippen LogP contribution in [-0.2, 0) is 12.8 Å². The van der Waals surface area contributed by atoms with Crippen LogP contribution < -0.4 is 27.8 Å². The predicted molar refractivity (Wildman–Crippen MR) is 130 cm³/mol. The third-order valence-corrected chi connectivity index (χ3v) is 4.68. The van der Waals surface area contributed by atoms with Crippen molar-refractivity contribution in [1.82, 2.24) is 15.5 Å². The number of hydrogen-bond acceptors (Lipinski definition) is 6. The van der Waals surface area contributed by atoms with Gasteiger partial charge in [0.2, 0.25) is 0 Å². The zero-order chi connectivity index (χ0) is 21.7. The van der Waals surface area contributed by atoms with Gasteiger partial charge in [-0.2, -0.15) is 0 Å². The molecule has 0 atom stereocenters. The summed E-state index contributed by atoms with van der Waals surface area (Å²) in [5.41, 5.74) is 19.2. The Bertz CT molecular complexity index is 587. The summed E-state index contributed by atoms with van der Waals surface area (Å²) in [6.07, 6.45) is 2.17. The maximum Gasteiger partial charge on any atom is 0.0105 e. The van der Waals surface area contributed by atoms with E-state index in [1.807, 2.05) is 12.1 Å². The fourth-order valence-corrected chi connectivity index (χ4v) is 3.04. The van der Waals surface area contributed by atoms with Crippen LogP contribution in [0.2, 0.25) is 0 Å². The van der Waals surface area contributed by atoms with E-state index < -0.39 is 0 Å². The van der Waals surface area contributed by atoms with Gasteiger partial charge in [-0.15, -0.1) is 0 Å². The topological polar surface area (TPSA) is 105 Å². The molecule has 0 radical (unpaired) electrons. The molecule has 6 nitrogen and oxygen atoms in total. The second-order valence-corrected chi connectivity index (χ2v) is 7.18. The SMILES string of the molecule is NCCN(CCN)CCc1ccccc1.NCCNCCNCCc1ccccc1. The van der Waals surface area contributed by atoms with E-state index in [0.29, 0.717) is 19.6 Å². The number of nitrogens with zero attached hydrogens (tertiary/aromatic N) is 1. The van der Waals surface area contributed by atoms with E-state index in [1.54, 1.807) is 0 Å². The minimum atomic E-state index is 0.703. The van der Waals surface area contributed by atoms with Crippen LogP contribution in [0.25, 0.3) is 0 Å². The average Bonchev–Trinajstić information content (AvgIpc) is 2.79. The zero-order valence-electron chi connectivity index (χ0n) is 18.4. The average molecular weight is 415 g/mol. The Morgan fingerprint density at radius 2 is 1.03 bits per heavy atom. The maximum atomic E-state index is 5.55. The Labute approximate surface area is 183 Å². The predicted octanol–water partition coefficient (Wildman–Crippen LogP) is 0.816. The molecule has 0 saturated heterocycles. The molecule has 0 spiro atoms. The molecule has 0 bridgehead atoms. The van der Waals surface area contributed by atoms with E-state index in [4.69, 9.17) is 17.2 Å². The van der Waals surface area contributed by atoms with Gasteiger partial charge in [0, 0.05) is 58.9 Å². The molecule has 30 heavy (non-hydrogen) atoms. The monoisotopic (exact) mass is 414 g/mol. The molecule has 0 heterocycles. The van der Waals surface area contributed by atoms with Gasteiger partial charge >= 0.3 is 0 Å². The van der Waals surface area contributed by atoms with Crippen LogP contribution in [0.1, 0.15) is 11.1 Å². The first-order valence-electron chi connectivity index (χ1n) is 11.1. The van der Waals surface area contributed by atoms with Crippen LogP contribution in [0.3, 0.4) is 0 Å². The molecule has 168 valence electrons. The summed E-state index contributed by atoms with van der Waals surface area (Å²) in [7, 11) is 0. The Kier molecular flexibility index (Phi) is 16.8. The van der Waals surface area contributed by atoms with Crippen molar-refractivity contribution in [3.63, 3.8) is 0 Å². The number of rotatable bonds is 15. The largest absolute Gasteiger partial charge is 0.329 e. The molecule has 2 aromatic carbocycles. The fourth-order valence-electron chi connectivity index (χ4n) is 3.04. The summed E-state index contributed by atoms with van der Waals surface area (Å²) < 4.78 is 0. The smallest absolute Gasteiger partial charge is 0.0105 e. The van der Waals surface area contributed by atoms with Crippen molar-refractivity contribution in [1.29, 1.82) is 0 Å². The highest BCUT2D eigenvalue weighted by Gasteiger charge is 2.02. The molecule has 2 aromatic rings. The standard InChI is InChI=1S/2C12H21N3/c13-7-10-15(11-8-14)9-6-12-4-2-1-3-5-12;13-7-9-15-11-10-14-8-6-12-4-2-1-3-5-12/h1-5H,6-11,13-14H2;1-5,14-15H,6-11,13H2. The van der Waals surface area contributed by atoms with Gasteiger partial charge in [0.15, 0.2) is 0 Å². The molecule has 6 heteroatoms. The van der Waals surface area contributed by atoms with Crippen molar-refractivity contribution in [2.45, 2.75) is 12.8 Å². The van der Waals surface area contributed by atoms with Crippen LogP contribution in [0.15, 0.2) is 60.7 Å². The first-order chi connectivity index (χ1) is 14.8. The van der Waals surface area contributed by atoms with Gasteiger partial charge in [-0.3, -0.25) is 0 Å². The van der Waals surface area contributed by atoms with Gasteiger partial charge in [0.05, 0.1) is 0 Å². The number of hydrogen-bond donors (Lipinski definition) is 5. The van der Waals surface area contributed by atoms with Gasteiger partial charge < -0.3 is 32.7 Å². The van der Waals surface area contributed by atoms with E-state index in [0.717, 1.165) is 58.7 Å². The highest BCUT2D eigenvalue weighted by Crippen LogP contribution is 2.01. The number of benzene rings is 2. The zero-order valence-corrected chi connectivity index (χ0v) is 18.4. The van der Waals surface area contributed by atoms with E-state index in [1.165, 1.54) is 11.1 Å². The van der Waals surface area contributed by atoms with Gasteiger partial charge in [-0.25, -0.2) is 0 Å². The third-order valence-electron chi connectivity index (χ3n) is 4.68. The molecule has 2 rings (SSSR count). The van der Waals surface area contributed by atoms with Gasteiger partial charge in [-0.1, -0.05) is 60.7 Å². The lowest BCUT2D eigenvalue weighted by Crippen LogP contribution is -2.35. The van der Waals surface area contributed by atoms with Crippen molar-refractivity contribution in [2.75, 3.05) is 65.4 Å². The highest BCUT2D eigenvalue weighted by atomic mass is 15.1. The molecule has 0 fully saturated rings. The third kappa shape index (κ3) is 14.2. The normalized spacial score (nSPS) is 10.7. The van der Waals surface area contributed by atoms with Crippen LogP contribution in [0.4, 0.5) is 0 Å². The van der Waals surface area contributed by atoms with Gasteiger partial charge in [0.1, 0.15) is 0 Å². The first-order valence-corrected chi connectivity index (χ1v) is 11.1. The summed E-state index contributed by atoms with van der Waals surface area (Å²) in [5, 5.41) is 6.64. The van der Waals surface area contributed by atoms with E-state index >= 15 is 0 Å². The summed E-state index contributed by atoms with van der Waals surface area (Å²) in [4.78, 5) is 2.31. The maximum absolute atomic E-state index is 5.55. The summed E-state index contributed by atoms with van der Waals surface area (Å²) in [6, 6.07) is 21.0. The lowest BCUT2D eigenvalue weighted by Gasteiger charge is -2.20. The molecule has 8 N–H and O–H groups in total. The van der Waals surface area contributed by atoms with Gasteiger partial charge in [0.25, 0.3) is 0 Å². The summed E-state index contributed by atoms with van der Waals surface area (Å²) >= 11 is 0. The minimum Gasteiger partial charge on any atom is -0.329 e. The number of nitrogens with one attached hydrogen (secondary N) is 2. The van der Waals surface area contributed by atoms with E-state index in [9.17, 15) is 0 Å². The second-order valence-electron chi connectivity index (χ2n) is 7.18. The molecule has 0 aromatic heterocycles. The fraction of sp³-hybridized carbons (Fsp3) is 0.500. The van der Waals surface area contributed by atoms with E-state index in [2.05, 4.69) is 64.1 Å². The minimum absolute atomic E-state index is 0.703. The van der Waals surface area contributed by atoms with Crippen molar-refractivity contribution in [3.8, 4) is 0 Å². The van der Waals surface area contributed by atoms with Crippen LogP contribution >= 0.6 is 0 Å². The molecule has 0 amide bonds. The molecular weight excluding hydrogens is 372 g/mol. The van der Waals surface area contributed by atoms with Crippen LogP contribution in [-0.4, -0.2) is 70.3 Å². The van der Waals surface area contributed by atoms with Gasteiger partial charge in [-0.05, 0) is 30.5 Å². The first kappa shape index (κ1) is 26.2. The Hall–Kier alpha value is -1.80.